The average Bonchev–Trinajstić information content (AvgIpc) is 2.56. The summed E-state index contributed by atoms with van der Waals surface area (Å²) in [5, 5.41) is 3.44. The molecule has 0 spiro atoms. The number of nitrogens with one attached hydrogen (secondary N) is 2. The van der Waals surface area contributed by atoms with E-state index < -0.39 is 0 Å². The second-order valence-corrected chi connectivity index (χ2v) is 7.12. The molecule has 0 unspecified atom stereocenters. The van der Waals surface area contributed by atoms with Gasteiger partial charge in [-0.05, 0) is 56.7 Å². The SMILES string of the molecule is Cc1ccc(C)c(NC(=O)CSc2nc3c(c(=O)[nH]2)CCCC3)c1. The van der Waals surface area contributed by atoms with Gasteiger partial charge >= 0.3 is 0 Å². The van der Waals surface area contributed by atoms with Crippen molar-refractivity contribution in [3.05, 3.63) is 50.9 Å². The summed E-state index contributed by atoms with van der Waals surface area (Å²) < 4.78 is 0. The predicted molar refractivity (Wildman–Crippen MR) is 96.8 cm³/mol. The Balaban J connectivity index is 1.65. The average molecular weight is 343 g/mol. The third kappa shape index (κ3) is 3.87. The molecule has 3 rings (SSSR count). The number of anilines is 1. The van der Waals surface area contributed by atoms with E-state index in [1.807, 2.05) is 32.0 Å². The molecule has 1 heterocycles. The van der Waals surface area contributed by atoms with E-state index >= 15 is 0 Å². The number of carbonyl (C=O) groups is 1. The summed E-state index contributed by atoms with van der Waals surface area (Å²) in [7, 11) is 0. The van der Waals surface area contributed by atoms with Gasteiger partial charge in [0.25, 0.3) is 5.56 Å². The van der Waals surface area contributed by atoms with Crippen LogP contribution in [0.1, 0.15) is 35.2 Å². The minimum absolute atomic E-state index is 0.0582. The summed E-state index contributed by atoms with van der Waals surface area (Å²) in [5.74, 6) is 0.115. The van der Waals surface area contributed by atoms with Crippen LogP contribution in [0, 0.1) is 13.8 Å². The lowest BCUT2D eigenvalue weighted by Gasteiger charge is -2.14. The normalized spacial score (nSPS) is 13.4. The van der Waals surface area contributed by atoms with Gasteiger partial charge in [0.2, 0.25) is 5.91 Å². The summed E-state index contributed by atoms with van der Waals surface area (Å²) in [6, 6.07) is 5.96. The molecule has 0 saturated carbocycles. The number of carbonyl (C=O) groups excluding carboxylic acids is 1. The molecular formula is C18H21N3O2S. The van der Waals surface area contributed by atoms with Crippen molar-refractivity contribution in [3.8, 4) is 0 Å². The number of fused-ring (bicyclic) bond motifs is 1. The van der Waals surface area contributed by atoms with Crippen LogP contribution in [0.3, 0.4) is 0 Å². The zero-order chi connectivity index (χ0) is 17.1. The van der Waals surface area contributed by atoms with E-state index in [0.717, 1.165) is 53.8 Å². The Hall–Kier alpha value is -2.08. The van der Waals surface area contributed by atoms with Crippen LogP contribution in [-0.2, 0) is 17.6 Å². The Bertz CT molecular complexity index is 829. The van der Waals surface area contributed by atoms with Gasteiger partial charge < -0.3 is 10.3 Å². The quantitative estimate of drug-likeness (QED) is 0.661. The fourth-order valence-electron chi connectivity index (χ4n) is 2.84. The molecule has 1 aromatic heterocycles. The molecular weight excluding hydrogens is 322 g/mol. The van der Waals surface area contributed by atoms with Gasteiger partial charge in [-0.15, -0.1) is 0 Å². The number of amides is 1. The zero-order valence-electron chi connectivity index (χ0n) is 13.9. The molecule has 5 nitrogen and oxygen atoms in total. The lowest BCUT2D eigenvalue weighted by Crippen LogP contribution is -2.22. The maximum absolute atomic E-state index is 12.2. The largest absolute Gasteiger partial charge is 0.325 e. The zero-order valence-corrected chi connectivity index (χ0v) is 14.8. The number of nitrogens with zero attached hydrogens (tertiary/aromatic N) is 1. The standard InChI is InChI=1S/C18H21N3O2S/c1-11-7-8-12(2)15(9-11)19-16(22)10-24-18-20-14-6-4-3-5-13(14)17(23)21-18/h7-9H,3-6,10H2,1-2H3,(H,19,22)(H,20,21,23). The lowest BCUT2D eigenvalue weighted by atomic mass is 9.97. The molecule has 0 bridgehead atoms. The number of aromatic nitrogens is 2. The van der Waals surface area contributed by atoms with Crippen molar-refractivity contribution in [2.75, 3.05) is 11.1 Å². The van der Waals surface area contributed by atoms with E-state index in [4.69, 9.17) is 0 Å². The fraction of sp³-hybridized carbons (Fsp3) is 0.389. The van der Waals surface area contributed by atoms with Crippen molar-refractivity contribution in [1.29, 1.82) is 0 Å². The molecule has 0 fully saturated rings. The second-order valence-electron chi connectivity index (χ2n) is 6.16. The van der Waals surface area contributed by atoms with Crippen molar-refractivity contribution < 1.29 is 4.79 Å². The Morgan fingerprint density at radius 1 is 1.29 bits per heavy atom. The third-order valence-electron chi connectivity index (χ3n) is 4.18. The number of hydrogen-bond acceptors (Lipinski definition) is 4. The molecule has 126 valence electrons. The van der Waals surface area contributed by atoms with Crippen LogP contribution in [0.5, 0.6) is 0 Å². The fourth-order valence-corrected chi connectivity index (χ4v) is 3.52. The summed E-state index contributed by atoms with van der Waals surface area (Å²) >= 11 is 1.27. The number of aryl methyl sites for hydroxylation is 3. The van der Waals surface area contributed by atoms with Crippen LogP contribution >= 0.6 is 11.8 Å². The maximum atomic E-state index is 12.2. The molecule has 2 N–H and O–H groups in total. The molecule has 0 aliphatic heterocycles. The van der Waals surface area contributed by atoms with Crippen LogP contribution < -0.4 is 10.9 Å². The highest BCUT2D eigenvalue weighted by Gasteiger charge is 2.16. The van der Waals surface area contributed by atoms with Crippen molar-refractivity contribution in [2.24, 2.45) is 0 Å². The highest BCUT2D eigenvalue weighted by Crippen LogP contribution is 2.20. The van der Waals surface area contributed by atoms with Gasteiger partial charge in [0.05, 0.1) is 11.4 Å². The van der Waals surface area contributed by atoms with Crippen molar-refractivity contribution in [2.45, 2.75) is 44.7 Å². The minimum atomic E-state index is -0.103. The molecule has 1 aliphatic rings. The van der Waals surface area contributed by atoms with E-state index in [0.29, 0.717) is 5.16 Å². The molecule has 2 aromatic rings. The van der Waals surface area contributed by atoms with Gasteiger partial charge in [-0.2, -0.15) is 0 Å². The number of hydrogen-bond donors (Lipinski definition) is 2. The highest BCUT2D eigenvalue weighted by atomic mass is 32.2. The predicted octanol–water partition coefficient (Wildman–Crippen LogP) is 3.00. The Kier molecular flexibility index (Phi) is 5.04. The first-order valence-electron chi connectivity index (χ1n) is 8.15. The summed E-state index contributed by atoms with van der Waals surface area (Å²) in [5.41, 5.74) is 4.60. The van der Waals surface area contributed by atoms with E-state index in [1.54, 1.807) is 0 Å². The van der Waals surface area contributed by atoms with E-state index in [1.165, 1.54) is 11.8 Å². The van der Waals surface area contributed by atoms with Crippen molar-refractivity contribution in [3.63, 3.8) is 0 Å². The molecule has 1 aliphatic carbocycles. The summed E-state index contributed by atoms with van der Waals surface area (Å²) in [4.78, 5) is 31.6. The lowest BCUT2D eigenvalue weighted by molar-refractivity contribution is -0.113. The maximum Gasteiger partial charge on any atom is 0.254 e. The molecule has 1 aromatic carbocycles. The Morgan fingerprint density at radius 2 is 2.08 bits per heavy atom. The number of benzene rings is 1. The van der Waals surface area contributed by atoms with E-state index in [9.17, 15) is 9.59 Å². The summed E-state index contributed by atoms with van der Waals surface area (Å²) in [6.07, 6.45) is 3.76. The monoisotopic (exact) mass is 343 g/mol. The minimum Gasteiger partial charge on any atom is -0.325 e. The number of rotatable bonds is 4. The van der Waals surface area contributed by atoms with Crippen molar-refractivity contribution >= 4 is 23.4 Å². The molecule has 0 atom stereocenters. The molecule has 0 radical (unpaired) electrons. The topological polar surface area (TPSA) is 74.8 Å². The van der Waals surface area contributed by atoms with Crippen LogP contribution in [-0.4, -0.2) is 21.6 Å². The number of aromatic amines is 1. The van der Waals surface area contributed by atoms with Gasteiger partial charge in [-0.25, -0.2) is 4.98 Å². The van der Waals surface area contributed by atoms with Gasteiger partial charge in [0, 0.05) is 11.3 Å². The first kappa shape index (κ1) is 16.8. The van der Waals surface area contributed by atoms with E-state index in [2.05, 4.69) is 15.3 Å². The van der Waals surface area contributed by atoms with E-state index in [-0.39, 0.29) is 17.2 Å². The second kappa shape index (κ2) is 7.21. The van der Waals surface area contributed by atoms with Crippen LogP contribution in [0.2, 0.25) is 0 Å². The van der Waals surface area contributed by atoms with Gasteiger partial charge in [-0.1, -0.05) is 23.9 Å². The number of H-pyrrole nitrogens is 1. The smallest absolute Gasteiger partial charge is 0.254 e. The Labute approximate surface area is 145 Å². The molecule has 1 amide bonds. The van der Waals surface area contributed by atoms with Crippen LogP contribution in [0.15, 0.2) is 28.2 Å². The molecule has 6 heteroatoms. The van der Waals surface area contributed by atoms with Crippen LogP contribution in [0.4, 0.5) is 5.69 Å². The third-order valence-corrected chi connectivity index (χ3v) is 5.05. The summed E-state index contributed by atoms with van der Waals surface area (Å²) in [6.45, 7) is 3.95. The van der Waals surface area contributed by atoms with Crippen molar-refractivity contribution in [1.82, 2.24) is 9.97 Å². The van der Waals surface area contributed by atoms with Gasteiger partial charge in [-0.3, -0.25) is 9.59 Å². The Morgan fingerprint density at radius 3 is 2.92 bits per heavy atom. The molecule has 24 heavy (non-hydrogen) atoms. The van der Waals surface area contributed by atoms with Gasteiger partial charge in [0.1, 0.15) is 0 Å². The number of thioether (sulfide) groups is 1. The highest BCUT2D eigenvalue weighted by molar-refractivity contribution is 7.99. The van der Waals surface area contributed by atoms with Crippen LogP contribution in [0.25, 0.3) is 0 Å². The first-order chi connectivity index (χ1) is 11.5. The van der Waals surface area contributed by atoms with Gasteiger partial charge in [0.15, 0.2) is 5.16 Å². The first-order valence-corrected chi connectivity index (χ1v) is 9.13. The molecule has 0 saturated heterocycles.